The molecule has 6 fully saturated rings. The van der Waals surface area contributed by atoms with Crippen molar-refractivity contribution in [1.29, 1.82) is 0 Å². The highest BCUT2D eigenvalue weighted by molar-refractivity contribution is 5.85. The Hall–Kier alpha value is -2.04. The minimum Gasteiger partial charge on any atom is -0.447 e. The van der Waals surface area contributed by atoms with Gasteiger partial charge in [-0.05, 0) is 42.7 Å². The van der Waals surface area contributed by atoms with E-state index in [2.05, 4.69) is 41.4 Å². The van der Waals surface area contributed by atoms with Crippen LogP contribution in [0.3, 0.4) is 0 Å². The lowest BCUT2D eigenvalue weighted by atomic mass is 9.68. The zero-order chi connectivity index (χ0) is 16.3. The first-order valence-electron chi connectivity index (χ1n) is 8.87. The first-order chi connectivity index (χ1) is 11.6. The van der Waals surface area contributed by atoms with Gasteiger partial charge >= 0.3 is 6.09 Å². The number of benzene rings is 1. The summed E-state index contributed by atoms with van der Waals surface area (Å²) in [5, 5.41) is 2.88. The van der Waals surface area contributed by atoms with Crippen LogP contribution in [0.15, 0.2) is 24.3 Å². The van der Waals surface area contributed by atoms with Crippen molar-refractivity contribution < 1.29 is 14.3 Å². The summed E-state index contributed by atoms with van der Waals surface area (Å²) in [6.07, 6.45) is 1.12. The smallest absolute Gasteiger partial charge is 0.407 e. The molecule has 24 heavy (non-hydrogen) atoms. The van der Waals surface area contributed by atoms with Crippen LogP contribution in [0, 0.1) is 24.7 Å². The molecule has 2 bridgehead atoms. The van der Waals surface area contributed by atoms with Gasteiger partial charge in [-0.3, -0.25) is 4.79 Å². The van der Waals surface area contributed by atoms with Crippen molar-refractivity contribution >= 4 is 12.0 Å². The lowest BCUT2D eigenvalue weighted by molar-refractivity contribution is -0.140. The van der Waals surface area contributed by atoms with Crippen molar-refractivity contribution in [2.75, 3.05) is 13.2 Å². The predicted octanol–water partition coefficient (Wildman–Crippen LogP) is 1.59. The van der Waals surface area contributed by atoms with E-state index in [9.17, 15) is 9.59 Å². The number of ether oxygens (including phenoxy) is 1. The molecular weight excluding hydrogens is 304 g/mol. The highest BCUT2D eigenvalue weighted by atomic mass is 16.6. The van der Waals surface area contributed by atoms with Gasteiger partial charge in [-0.2, -0.15) is 0 Å². The number of amides is 2. The second-order valence-corrected chi connectivity index (χ2v) is 8.45. The van der Waals surface area contributed by atoms with Crippen LogP contribution in [-0.4, -0.2) is 41.6 Å². The van der Waals surface area contributed by atoms with Crippen molar-refractivity contribution in [3.05, 3.63) is 35.4 Å². The van der Waals surface area contributed by atoms with Crippen LogP contribution in [0.5, 0.6) is 0 Å². The Labute approximate surface area is 140 Å². The number of hydrogen-bond acceptors (Lipinski definition) is 3. The van der Waals surface area contributed by atoms with Gasteiger partial charge in [0.05, 0.1) is 5.54 Å². The zero-order valence-electron chi connectivity index (χ0n) is 13.6. The Morgan fingerprint density at radius 2 is 2.04 bits per heavy atom. The van der Waals surface area contributed by atoms with Crippen molar-refractivity contribution in [2.24, 2.45) is 17.8 Å². The van der Waals surface area contributed by atoms with Gasteiger partial charge in [0.2, 0.25) is 5.91 Å². The lowest BCUT2D eigenvalue weighted by Gasteiger charge is -2.43. The molecular formula is C19H20N2O3. The second-order valence-electron chi connectivity index (χ2n) is 8.45. The molecule has 2 unspecified atom stereocenters. The molecule has 3 saturated heterocycles. The van der Waals surface area contributed by atoms with E-state index in [-0.39, 0.29) is 23.0 Å². The van der Waals surface area contributed by atoms with E-state index in [0.717, 1.165) is 19.4 Å². The van der Waals surface area contributed by atoms with Crippen LogP contribution in [0.1, 0.15) is 24.0 Å². The third kappa shape index (κ3) is 1.35. The molecule has 1 aromatic rings. The van der Waals surface area contributed by atoms with E-state index in [1.165, 1.54) is 11.1 Å². The summed E-state index contributed by atoms with van der Waals surface area (Å²) in [7, 11) is 0. The van der Waals surface area contributed by atoms with Crippen LogP contribution in [0.4, 0.5) is 4.79 Å². The molecule has 6 aliphatic rings. The SMILES string of the molecule is Cc1ccccc1C12CN(C(=O)[C@H]3C[C@]4(COC(=O)N4)C3)C3C1C32. The molecule has 0 aromatic heterocycles. The number of rotatable bonds is 2. The average molecular weight is 324 g/mol. The largest absolute Gasteiger partial charge is 0.447 e. The number of fused-ring (bicyclic) bond motifs is 1. The normalized spacial score (nSPS) is 46.2. The number of aryl methyl sites for hydroxylation is 1. The average Bonchev–Trinajstić information content (AvgIpc) is 3.25. The van der Waals surface area contributed by atoms with Gasteiger partial charge in [-0.25, -0.2) is 4.79 Å². The maximum Gasteiger partial charge on any atom is 0.407 e. The van der Waals surface area contributed by atoms with Crippen molar-refractivity contribution in [3.8, 4) is 0 Å². The van der Waals surface area contributed by atoms with E-state index in [1.54, 1.807) is 0 Å². The van der Waals surface area contributed by atoms with Gasteiger partial charge < -0.3 is 15.0 Å². The third-order valence-corrected chi connectivity index (χ3v) is 7.25. The Kier molecular flexibility index (Phi) is 2.09. The minimum absolute atomic E-state index is 0.0553. The van der Waals surface area contributed by atoms with Gasteiger partial charge in [0.1, 0.15) is 6.61 Å². The first kappa shape index (κ1) is 13.3. The monoisotopic (exact) mass is 324 g/mol. The molecule has 0 radical (unpaired) electrons. The minimum atomic E-state index is -0.340. The number of hydrogen-bond donors (Lipinski definition) is 1. The van der Waals surface area contributed by atoms with Gasteiger partial charge in [0, 0.05) is 23.9 Å². The fourth-order valence-electron chi connectivity index (χ4n) is 6.04. The summed E-state index contributed by atoms with van der Waals surface area (Å²) in [4.78, 5) is 26.3. The summed E-state index contributed by atoms with van der Waals surface area (Å²) < 4.78 is 5.01. The van der Waals surface area contributed by atoms with Gasteiger partial charge in [0.25, 0.3) is 0 Å². The standard InChI is InChI=1S/C19H20N2O3/c1-10-4-2-3-5-12(10)19-8-21(15-13(19)14(15)19)16(22)11-6-18(7-11)9-24-17(23)20-18/h2-5,11,13-15H,6-9H2,1H3,(H,20,23)/t11-,13?,14?,15?,18+,19?. The summed E-state index contributed by atoms with van der Waals surface area (Å²) >= 11 is 0. The molecule has 2 atom stereocenters. The van der Waals surface area contributed by atoms with Crippen LogP contribution in [0.25, 0.3) is 0 Å². The maximum absolute atomic E-state index is 12.9. The Morgan fingerprint density at radius 1 is 1.29 bits per heavy atom. The number of cyclic esters (lactones) is 1. The molecule has 5 heteroatoms. The van der Waals surface area contributed by atoms with Crippen molar-refractivity contribution in [2.45, 2.75) is 36.8 Å². The Bertz CT molecular complexity index is 788. The van der Waals surface area contributed by atoms with Gasteiger partial charge in [0.15, 0.2) is 0 Å². The fraction of sp³-hybridized carbons (Fsp3) is 0.579. The molecule has 5 nitrogen and oxygen atoms in total. The van der Waals surface area contributed by atoms with E-state index in [1.807, 2.05) is 0 Å². The number of piperidine rings is 1. The summed E-state index contributed by atoms with van der Waals surface area (Å²) in [6, 6.07) is 9.12. The molecule has 7 rings (SSSR count). The van der Waals surface area contributed by atoms with E-state index >= 15 is 0 Å². The number of carbonyl (C=O) groups excluding carboxylic acids is 2. The third-order valence-electron chi connectivity index (χ3n) is 7.25. The number of alkyl carbamates (subject to hydrolysis) is 1. The summed E-state index contributed by atoms with van der Waals surface area (Å²) in [5.41, 5.74) is 2.80. The van der Waals surface area contributed by atoms with Gasteiger partial charge in [-0.1, -0.05) is 24.3 Å². The van der Waals surface area contributed by atoms with Crippen molar-refractivity contribution in [1.82, 2.24) is 10.2 Å². The van der Waals surface area contributed by atoms with Crippen LogP contribution >= 0.6 is 0 Å². The molecule has 3 heterocycles. The highest BCUT2D eigenvalue weighted by Gasteiger charge is 2.91. The molecule has 3 aliphatic heterocycles. The van der Waals surface area contributed by atoms with E-state index < -0.39 is 0 Å². The highest BCUT2D eigenvalue weighted by Crippen LogP contribution is 2.84. The topological polar surface area (TPSA) is 58.6 Å². The number of nitrogens with zero attached hydrogens (tertiary/aromatic N) is 1. The van der Waals surface area contributed by atoms with E-state index in [0.29, 0.717) is 30.4 Å². The quantitative estimate of drug-likeness (QED) is 0.899. The Balaban J connectivity index is 1.18. The van der Waals surface area contributed by atoms with Crippen LogP contribution in [-0.2, 0) is 14.9 Å². The molecule has 124 valence electrons. The predicted molar refractivity (Wildman–Crippen MR) is 85.3 cm³/mol. The molecule has 1 aromatic carbocycles. The van der Waals surface area contributed by atoms with Gasteiger partial charge in [-0.15, -0.1) is 0 Å². The summed E-state index contributed by atoms with van der Waals surface area (Å²) in [5.74, 6) is 1.75. The lowest BCUT2D eigenvalue weighted by Crippen LogP contribution is -2.58. The van der Waals surface area contributed by atoms with Crippen LogP contribution < -0.4 is 5.32 Å². The first-order valence-corrected chi connectivity index (χ1v) is 8.87. The zero-order valence-corrected chi connectivity index (χ0v) is 13.6. The second kappa shape index (κ2) is 3.79. The molecule has 3 aliphatic carbocycles. The number of carbonyl (C=O) groups is 2. The number of nitrogens with one attached hydrogen (secondary N) is 1. The molecule has 1 N–H and O–H groups in total. The van der Waals surface area contributed by atoms with Crippen LogP contribution in [0.2, 0.25) is 0 Å². The maximum atomic E-state index is 12.9. The molecule has 1 spiro atoms. The Morgan fingerprint density at radius 3 is 2.71 bits per heavy atom. The molecule has 2 amide bonds. The summed E-state index contributed by atoms with van der Waals surface area (Å²) in [6.45, 7) is 3.49. The molecule has 3 saturated carbocycles. The van der Waals surface area contributed by atoms with E-state index in [4.69, 9.17) is 4.74 Å². The van der Waals surface area contributed by atoms with Crippen molar-refractivity contribution in [3.63, 3.8) is 0 Å². The fourth-order valence-corrected chi connectivity index (χ4v) is 6.04.